The van der Waals surface area contributed by atoms with Gasteiger partial charge in [0.05, 0.1) is 21.5 Å². The Bertz CT molecular complexity index is 1290. The minimum atomic E-state index is -0.381. The predicted octanol–water partition coefficient (Wildman–Crippen LogP) is 5.22. The lowest BCUT2D eigenvalue weighted by atomic mass is 9.94. The second kappa shape index (κ2) is 9.59. The van der Waals surface area contributed by atoms with Gasteiger partial charge in [-0.05, 0) is 49.8 Å². The lowest BCUT2D eigenvalue weighted by Crippen LogP contribution is -2.50. The summed E-state index contributed by atoms with van der Waals surface area (Å²) in [7, 11) is 3.59. The second-order valence-electron chi connectivity index (χ2n) is 10.5. The fourth-order valence-corrected chi connectivity index (χ4v) is 7.37. The van der Waals surface area contributed by atoms with Crippen molar-refractivity contribution in [1.82, 2.24) is 19.8 Å². The summed E-state index contributed by atoms with van der Waals surface area (Å²) in [6.07, 6.45) is 10.6. The van der Waals surface area contributed by atoms with E-state index in [4.69, 9.17) is 0 Å². The maximum absolute atomic E-state index is 15.2. The van der Waals surface area contributed by atoms with E-state index in [2.05, 4.69) is 25.1 Å². The number of nitrogens with one attached hydrogen (secondary N) is 1. The summed E-state index contributed by atoms with van der Waals surface area (Å²) in [5, 5.41) is 4.14. The molecule has 3 fully saturated rings. The van der Waals surface area contributed by atoms with E-state index >= 15 is 4.39 Å². The molecule has 1 amide bonds. The van der Waals surface area contributed by atoms with E-state index in [1.54, 1.807) is 37.5 Å². The summed E-state index contributed by atoms with van der Waals surface area (Å²) in [5.41, 5.74) is 1.97. The average Bonchev–Trinajstić information content (AvgIpc) is 3.63. The summed E-state index contributed by atoms with van der Waals surface area (Å²) >= 11 is 1.51. The SMILES string of the molecule is CN(C)C(=O)c1sc2cnc(Nc3ncc(N4CCN5CCCC5C4)cc3F)cc2c1C1CCCC1. The van der Waals surface area contributed by atoms with Gasteiger partial charge in [-0.25, -0.2) is 14.4 Å². The minimum absolute atomic E-state index is 0.0364. The van der Waals surface area contributed by atoms with E-state index in [0.717, 1.165) is 58.7 Å². The Morgan fingerprint density at radius 3 is 2.69 bits per heavy atom. The van der Waals surface area contributed by atoms with Crippen LogP contribution >= 0.6 is 11.3 Å². The van der Waals surface area contributed by atoms with E-state index in [-0.39, 0.29) is 17.5 Å². The Kier molecular flexibility index (Phi) is 6.29. The van der Waals surface area contributed by atoms with E-state index in [1.807, 2.05) is 6.07 Å². The van der Waals surface area contributed by atoms with Gasteiger partial charge in [0, 0.05) is 57.4 Å². The van der Waals surface area contributed by atoms with Crippen molar-refractivity contribution in [2.24, 2.45) is 0 Å². The Hall–Kier alpha value is -2.78. The van der Waals surface area contributed by atoms with Crippen LogP contribution in [0.1, 0.15) is 59.7 Å². The van der Waals surface area contributed by atoms with Crippen molar-refractivity contribution in [3.05, 3.63) is 40.8 Å². The zero-order valence-electron chi connectivity index (χ0n) is 21.0. The Labute approximate surface area is 215 Å². The summed E-state index contributed by atoms with van der Waals surface area (Å²) in [5.74, 6) is 0.749. The van der Waals surface area contributed by atoms with Crippen LogP contribution < -0.4 is 10.2 Å². The number of nitrogens with zero attached hydrogens (tertiary/aromatic N) is 5. The molecule has 190 valence electrons. The van der Waals surface area contributed by atoms with Gasteiger partial charge in [0.2, 0.25) is 0 Å². The molecule has 0 aromatic carbocycles. The normalized spacial score (nSPS) is 20.8. The fourth-order valence-electron chi connectivity index (χ4n) is 6.11. The van der Waals surface area contributed by atoms with Gasteiger partial charge in [-0.3, -0.25) is 9.69 Å². The number of pyridine rings is 2. The fraction of sp³-hybridized carbons (Fsp3) is 0.519. The molecule has 2 aliphatic heterocycles. The molecule has 1 unspecified atom stereocenters. The third-order valence-electron chi connectivity index (χ3n) is 8.00. The minimum Gasteiger partial charge on any atom is -0.367 e. The van der Waals surface area contributed by atoms with Gasteiger partial charge >= 0.3 is 0 Å². The zero-order chi connectivity index (χ0) is 24.8. The number of anilines is 3. The number of fused-ring (bicyclic) bond motifs is 2. The molecular weight excluding hydrogens is 475 g/mol. The lowest BCUT2D eigenvalue weighted by Gasteiger charge is -2.38. The number of hydrogen-bond donors (Lipinski definition) is 1. The topological polar surface area (TPSA) is 64.6 Å². The number of thiophene rings is 1. The van der Waals surface area contributed by atoms with E-state index < -0.39 is 0 Å². The van der Waals surface area contributed by atoms with Crippen LogP contribution in [0, 0.1) is 5.82 Å². The van der Waals surface area contributed by atoms with Crippen molar-refractivity contribution in [1.29, 1.82) is 0 Å². The van der Waals surface area contributed by atoms with Crippen LogP contribution in [0.5, 0.6) is 0 Å². The third-order valence-corrected chi connectivity index (χ3v) is 9.15. The van der Waals surface area contributed by atoms with Gasteiger partial charge in [-0.2, -0.15) is 0 Å². The standard InChI is InChI=1S/C27H33FN6OS/c1-32(2)27(35)25-24(17-6-3-4-7-17)20-13-23(29-15-22(20)36-25)31-26-21(28)12-19(14-30-26)34-11-10-33-9-5-8-18(33)16-34/h12-15,17-18H,3-11,16H2,1-2H3,(H,29,30,31). The maximum Gasteiger partial charge on any atom is 0.263 e. The molecule has 0 bridgehead atoms. The summed E-state index contributed by atoms with van der Waals surface area (Å²) in [4.78, 5) is 29.2. The van der Waals surface area contributed by atoms with Crippen LogP contribution in [0.15, 0.2) is 24.5 Å². The highest BCUT2D eigenvalue weighted by molar-refractivity contribution is 7.21. The molecule has 7 nitrogen and oxygen atoms in total. The first-order valence-electron chi connectivity index (χ1n) is 13.0. The molecule has 2 saturated heterocycles. The van der Waals surface area contributed by atoms with Crippen LogP contribution in [0.3, 0.4) is 0 Å². The first kappa shape index (κ1) is 23.6. The number of carbonyl (C=O) groups is 1. The Morgan fingerprint density at radius 1 is 1.08 bits per heavy atom. The highest BCUT2D eigenvalue weighted by Crippen LogP contribution is 2.44. The first-order valence-corrected chi connectivity index (χ1v) is 13.8. The number of piperazine rings is 1. The van der Waals surface area contributed by atoms with Crippen molar-refractivity contribution in [3.63, 3.8) is 0 Å². The molecule has 1 aliphatic carbocycles. The number of amides is 1. The monoisotopic (exact) mass is 508 g/mol. The molecule has 6 rings (SSSR count). The van der Waals surface area contributed by atoms with Crippen LogP contribution in [0.4, 0.5) is 21.7 Å². The molecule has 0 spiro atoms. The quantitative estimate of drug-likeness (QED) is 0.510. The molecule has 9 heteroatoms. The van der Waals surface area contributed by atoms with Gasteiger partial charge in [0.15, 0.2) is 11.6 Å². The largest absolute Gasteiger partial charge is 0.367 e. The molecule has 1 saturated carbocycles. The van der Waals surface area contributed by atoms with Gasteiger partial charge in [0.25, 0.3) is 5.91 Å². The molecule has 3 aromatic rings. The van der Waals surface area contributed by atoms with Crippen LogP contribution in [-0.4, -0.2) is 72.0 Å². The van der Waals surface area contributed by atoms with Gasteiger partial charge in [-0.1, -0.05) is 12.8 Å². The van der Waals surface area contributed by atoms with Crippen LogP contribution in [0.2, 0.25) is 0 Å². The molecular formula is C27H33FN6OS. The number of aromatic nitrogens is 2. The van der Waals surface area contributed by atoms with E-state index in [0.29, 0.717) is 17.8 Å². The van der Waals surface area contributed by atoms with E-state index in [1.165, 1.54) is 43.6 Å². The van der Waals surface area contributed by atoms with Gasteiger partial charge in [-0.15, -0.1) is 11.3 Å². The summed E-state index contributed by atoms with van der Waals surface area (Å²) in [6.45, 7) is 4.04. The number of carbonyl (C=O) groups excluding carboxylic acids is 1. The average molecular weight is 509 g/mol. The maximum atomic E-state index is 15.2. The second-order valence-corrected chi connectivity index (χ2v) is 11.6. The highest BCUT2D eigenvalue weighted by atomic mass is 32.1. The predicted molar refractivity (Wildman–Crippen MR) is 143 cm³/mol. The molecule has 1 atom stereocenters. The molecule has 5 heterocycles. The molecule has 1 N–H and O–H groups in total. The highest BCUT2D eigenvalue weighted by Gasteiger charge is 2.31. The number of rotatable bonds is 5. The van der Waals surface area contributed by atoms with Crippen molar-refractivity contribution in [2.45, 2.75) is 50.5 Å². The lowest BCUT2D eigenvalue weighted by molar-refractivity contribution is 0.0831. The van der Waals surface area contributed by atoms with Crippen molar-refractivity contribution in [3.8, 4) is 0 Å². The Balaban J connectivity index is 1.27. The molecule has 0 radical (unpaired) electrons. The summed E-state index contributed by atoms with van der Waals surface area (Å²) < 4.78 is 16.1. The van der Waals surface area contributed by atoms with Crippen molar-refractivity contribution < 1.29 is 9.18 Å². The molecule has 3 aromatic heterocycles. The smallest absolute Gasteiger partial charge is 0.263 e. The van der Waals surface area contributed by atoms with Crippen LogP contribution in [-0.2, 0) is 0 Å². The molecule has 3 aliphatic rings. The molecule has 36 heavy (non-hydrogen) atoms. The Morgan fingerprint density at radius 2 is 1.92 bits per heavy atom. The number of hydrogen-bond acceptors (Lipinski definition) is 7. The number of halogens is 1. The van der Waals surface area contributed by atoms with E-state index in [9.17, 15) is 4.79 Å². The van der Waals surface area contributed by atoms with Crippen LogP contribution in [0.25, 0.3) is 10.1 Å². The van der Waals surface area contributed by atoms with Gasteiger partial charge in [0.1, 0.15) is 5.82 Å². The first-order chi connectivity index (χ1) is 17.5. The van der Waals surface area contributed by atoms with Crippen molar-refractivity contribution >= 4 is 44.7 Å². The van der Waals surface area contributed by atoms with Gasteiger partial charge < -0.3 is 15.1 Å². The third kappa shape index (κ3) is 4.32. The zero-order valence-corrected chi connectivity index (χ0v) is 21.8. The van der Waals surface area contributed by atoms with Crippen molar-refractivity contribution in [2.75, 3.05) is 50.5 Å². The summed E-state index contributed by atoms with van der Waals surface area (Å²) in [6, 6.07) is 4.11.